The number of amides is 2. The molecule has 0 aromatic carbocycles. The van der Waals surface area contributed by atoms with E-state index >= 15 is 0 Å². The maximum Gasteiger partial charge on any atom is 0.326 e. The van der Waals surface area contributed by atoms with Crippen LogP contribution in [0, 0.1) is 17.8 Å². The number of nitrogens with one attached hydrogen (secondary N) is 2. The maximum atomic E-state index is 12.6. The van der Waals surface area contributed by atoms with Gasteiger partial charge in [0.2, 0.25) is 11.8 Å². The monoisotopic (exact) mass is 357 g/mol. The van der Waals surface area contributed by atoms with Crippen LogP contribution in [0.5, 0.6) is 0 Å². The number of hydrogen-bond acceptors (Lipinski definition) is 4. The van der Waals surface area contributed by atoms with Crippen molar-refractivity contribution in [3.8, 4) is 0 Å². The Balaban J connectivity index is 5.16. The van der Waals surface area contributed by atoms with E-state index in [0.717, 1.165) is 0 Å². The minimum absolute atomic E-state index is 0.137. The van der Waals surface area contributed by atoms with Crippen molar-refractivity contribution in [3.63, 3.8) is 0 Å². The highest BCUT2D eigenvalue weighted by atomic mass is 16.4. The molecular weight excluding hydrogens is 322 g/mol. The molecule has 0 saturated heterocycles. The van der Waals surface area contributed by atoms with Crippen LogP contribution in [0.25, 0.3) is 0 Å². The van der Waals surface area contributed by atoms with E-state index in [1.165, 1.54) is 0 Å². The Bertz CT molecular complexity index is 454. The first-order valence-corrected chi connectivity index (χ1v) is 9.14. The third-order valence-electron chi connectivity index (χ3n) is 4.63. The SMILES string of the molecule is CC[C@H](C)[C@H](NC(=O)[C@@H](NC(=O)[C@@H](N)CC(C)C)[C@@H](C)CC)C(=O)O. The van der Waals surface area contributed by atoms with Gasteiger partial charge in [0.05, 0.1) is 6.04 Å². The van der Waals surface area contributed by atoms with Gasteiger partial charge in [-0.2, -0.15) is 0 Å². The highest BCUT2D eigenvalue weighted by Gasteiger charge is 2.32. The van der Waals surface area contributed by atoms with E-state index in [0.29, 0.717) is 19.3 Å². The van der Waals surface area contributed by atoms with E-state index in [9.17, 15) is 19.5 Å². The third kappa shape index (κ3) is 7.86. The molecule has 0 fully saturated rings. The van der Waals surface area contributed by atoms with Crippen molar-refractivity contribution in [2.75, 3.05) is 0 Å². The second-order valence-corrected chi connectivity index (χ2v) is 7.32. The lowest BCUT2D eigenvalue weighted by Gasteiger charge is -2.28. The third-order valence-corrected chi connectivity index (χ3v) is 4.63. The molecule has 7 nitrogen and oxygen atoms in total. The minimum atomic E-state index is -1.08. The summed E-state index contributed by atoms with van der Waals surface area (Å²) in [6.07, 6.45) is 1.81. The van der Waals surface area contributed by atoms with Crippen molar-refractivity contribution in [2.45, 2.75) is 78.9 Å². The van der Waals surface area contributed by atoms with Crippen LogP contribution in [0.1, 0.15) is 60.8 Å². The molecule has 0 aliphatic rings. The number of rotatable bonds is 11. The molecule has 2 amide bonds. The molecule has 146 valence electrons. The van der Waals surface area contributed by atoms with E-state index < -0.39 is 30.0 Å². The standard InChI is InChI=1S/C18H35N3O4/c1-7-11(5)14(20-16(22)13(19)9-10(3)4)17(23)21-15(18(24)25)12(6)8-2/h10-15H,7-9,19H2,1-6H3,(H,20,22)(H,21,23)(H,24,25)/t11-,12-,13-,14-,15-/m0/s1. The highest BCUT2D eigenvalue weighted by Crippen LogP contribution is 2.13. The van der Waals surface area contributed by atoms with Crippen LogP contribution in [0.3, 0.4) is 0 Å². The molecular formula is C18H35N3O4. The first-order valence-electron chi connectivity index (χ1n) is 9.14. The van der Waals surface area contributed by atoms with E-state index in [1.54, 1.807) is 6.92 Å². The lowest BCUT2D eigenvalue weighted by molar-refractivity contribution is -0.144. The minimum Gasteiger partial charge on any atom is -0.480 e. The van der Waals surface area contributed by atoms with E-state index in [1.807, 2.05) is 34.6 Å². The normalized spacial score (nSPS) is 17.3. The number of carbonyl (C=O) groups excluding carboxylic acids is 2. The Morgan fingerprint density at radius 2 is 1.32 bits per heavy atom. The first kappa shape index (κ1) is 23.4. The molecule has 0 saturated carbocycles. The van der Waals surface area contributed by atoms with Crippen molar-refractivity contribution in [1.82, 2.24) is 10.6 Å². The van der Waals surface area contributed by atoms with Gasteiger partial charge in [-0.25, -0.2) is 4.79 Å². The van der Waals surface area contributed by atoms with E-state index in [-0.39, 0.29) is 23.7 Å². The van der Waals surface area contributed by atoms with E-state index in [4.69, 9.17) is 5.73 Å². The predicted octanol–water partition coefficient (Wildman–Crippen LogP) is 1.51. The quantitative estimate of drug-likeness (QED) is 0.446. The Morgan fingerprint density at radius 3 is 1.72 bits per heavy atom. The molecule has 0 aromatic rings. The second kappa shape index (κ2) is 11.1. The largest absolute Gasteiger partial charge is 0.480 e. The molecule has 5 atom stereocenters. The van der Waals surface area contributed by atoms with Gasteiger partial charge in [0.1, 0.15) is 12.1 Å². The summed E-state index contributed by atoms with van der Waals surface area (Å²) in [4.78, 5) is 36.3. The summed E-state index contributed by atoms with van der Waals surface area (Å²) in [5, 5.41) is 14.6. The Hall–Kier alpha value is -1.63. The van der Waals surface area contributed by atoms with Crippen molar-refractivity contribution < 1.29 is 19.5 Å². The van der Waals surface area contributed by atoms with Crippen LogP contribution < -0.4 is 16.4 Å². The van der Waals surface area contributed by atoms with Gasteiger partial charge in [-0.05, 0) is 24.2 Å². The molecule has 0 unspecified atom stereocenters. The second-order valence-electron chi connectivity index (χ2n) is 7.32. The van der Waals surface area contributed by atoms with Crippen molar-refractivity contribution in [1.29, 1.82) is 0 Å². The molecule has 25 heavy (non-hydrogen) atoms. The fourth-order valence-electron chi connectivity index (χ4n) is 2.50. The van der Waals surface area contributed by atoms with Crippen molar-refractivity contribution in [2.24, 2.45) is 23.5 Å². The predicted molar refractivity (Wildman–Crippen MR) is 97.8 cm³/mol. The highest BCUT2D eigenvalue weighted by molar-refractivity contribution is 5.92. The van der Waals surface area contributed by atoms with Crippen LogP contribution in [0.4, 0.5) is 0 Å². The number of hydrogen-bond donors (Lipinski definition) is 4. The van der Waals surface area contributed by atoms with Gasteiger partial charge in [-0.1, -0.05) is 54.4 Å². The molecule has 0 rings (SSSR count). The van der Waals surface area contributed by atoms with Gasteiger partial charge >= 0.3 is 5.97 Å². The van der Waals surface area contributed by atoms with Gasteiger partial charge < -0.3 is 21.5 Å². The van der Waals surface area contributed by atoms with Gasteiger partial charge in [0.25, 0.3) is 0 Å². The molecule has 0 spiro atoms. The fourth-order valence-corrected chi connectivity index (χ4v) is 2.50. The topological polar surface area (TPSA) is 122 Å². The van der Waals surface area contributed by atoms with E-state index in [2.05, 4.69) is 10.6 Å². The molecule has 0 aliphatic carbocycles. The number of carboxylic acid groups (broad SMARTS) is 1. The molecule has 0 heterocycles. The summed E-state index contributed by atoms with van der Waals surface area (Å²) in [6, 6.07) is -2.48. The number of nitrogens with two attached hydrogens (primary N) is 1. The van der Waals surface area contributed by atoms with Crippen LogP contribution in [0.15, 0.2) is 0 Å². The molecule has 0 radical (unpaired) electrons. The Morgan fingerprint density at radius 1 is 0.880 bits per heavy atom. The summed E-state index contributed by atoms with van der Waals surface area (Å²) in [5.41, 5.74) is 5.89. The number of carboxylic acids is 1. The summed E-state index contributed by atoms with van der Waals surface area (Å²) in [5.74, 6) is -2.02. The van der Waals surface area contributed by atoms with Gasteiger partial charge in [0.15, 0.2) is 0 Å². The van der Waals surface area contributed by atoms with Crippen LogP contribution >= 0.6 is 0 Å². The van der Waals surface area contributed by atoms with Gasteiger partial charge in [-0.3, -0.25) is 9.59 Å². The Kier molecular flexibility index (Phi) is 10.4. The number of aliphatic carboxylic acids is 1. The molecule has 0 aliphatic heterocycles. The maximum absolute atomic E-state index is 12.6. The molecule has 0 aromatic heterocycles. The molecule has 0 bridgehead atoms. The van der Waals surface area contributed by atoms with Crippen LogP contribution in [0.2, 0.25) is 0 Å². The van der Waals surface area contributed by atoms with Gasteiger partial charge in [-0.15, -0.1) is 0 Å². The zero-order valence-corrected chi connectivity index (χ0v) is 16.3. The van der Waals surface area contributed by atoms with Crippen LogP contribution in [-0.2, 0) is 14.4 Å². The molecule has 5 N–H and O–H groups in total. The zero-order valence-electron chi connectivity index (χ0n) is 16.3. The summed E-state index contributed by atoms with van der Waals surface area (Å²) in [7, 11) is 0. The lowest BCUT2D eigenvalue weighted by Crippen LogP contribution is -2.57. The van der Waals surface area contributed by atoms with Crippen molar-refractivity contribution >= 4 is 17.8 Å². The summed E-state index contributed by atoms with van der Waals surface area (Å²) < 4.78 is 0. The summed E-state index contributed by atoms with van der Waals surface area (Å²) in [6.45, 7) is 11.3. The average Bonchev–Trinajstić information content (AvgIpc) is 2.54. The van der Waals surface area contributed by atoms with Crippen molar-refractivity contribution in [3.05, 3.63) is 0 Å². The average molecular weight is 357 g/mol. The summed E-state index contributed by atoms with van der Waals surface area (Å²) >= 11 is 0. The van der Waals surface area contributed by atoms with Gasteiger partial charge in [0, 0.05) is 0 Å². The lowest BCUT2D eigenvalue weighted by atomic mass is 9.95. The smallest absolute Gasteiger partial charge is 0.326 e. The fraction of sp³-hybridized carbons (Fsp3) is 0.833. The number of carbonyl (C=O) groups is 3. The zero-order chi connectivity index (χ0) is 19.7. The first-order chi connectivity index (χ1) is 11.5. The van der Waals surface area contributed by atoms with Crippen LogP contribution in [-0.4, -0.2) is 41.0 Å². The molecule has 7 heteroatoms. The Labute approximate surface area is 151 Å².